The number of sulfone groups is 1. The fourth-order valence-electron chi connectivity index (χ4n) is 3.04. The first-order valence-corrected chi connectivity index (χ1v) is 12.3. The molecule has 0 atom stereocenters. The van der Waals surface area contributed by atoms with Crippen LogP contribution in [0.1, 0.15) is 11.1 Å². The molecule has 176 valence electrons. The van der Waals surface area contributed by atoms with E-state index in [0.717, 1.165) is 6.26 Å². The van der Waals surface area contributed by atoms with Gasteiger partial charge in [-0.25, -0.2) is 13.2 Å². The van der Waals surface area contributed by atoms with Crippen molar-refractivity contribution in [2.24, 2.45) is 0 Å². The molecule has 0 heterocycles. The highest BCUT2D eigenvalue weighted by atomic mass is 35.5. The van der Waals surface area contributed by atoms with E-state index in [0.29, 0.717) is 16.9 Å². The third-order valence-electron chi connectivity index (χ3n) is 4.72. The zero-order valence-corrected chi connectivity index (χ0v) is 20.0. The van der Waals surface area contributed by atoms with Crippen LogP contribution in [0.15, 0.2) is 77.7 Å². The average molecular weight is 500 g/mol. The van der Waals surface area contributed by atoms with Gasteiger partial charge in [0.25, 0.3) is 5.91 Å². The van der Waals surface area contributed by atoms with Crippen LogP contribution in [0.5, 0.6) is 5.75 Å². The van der Waals surface area contributed by atoms with E-state index in [2.05, 4.69) is 5.32 Å². The lowest BCUT2D eigenvalue weighted by atomic mass is 10.0. The van der Waals surface area contributed by atoms with Crippen molar-refractivity contribution in [3.05, 3.63) is 88.9 Å². The van der Waals surface area contributed by atoms with Gasteiger partial charge in [-0.2, -0.15) is 0 Å². The fourth-order valence-corrected chi connectivity index (χ4v) is 3.86. The number of hydrogen-bond acceptors (Lipinski definition) is 6. The van der Waals surface area contributed by atoms with Crippen molar-refractivity contribution in [2.75, 3.05) is 25.3 Å². The molecule has 3 aromatic carbocycles. The molecular formula is C25H22ClNO6S. The number of halogens is 1. The van der Waals surface area contributed by atoms with Crippen LogP contribution in [0.2, 0.25) is 5.02 Å². The number of hydrogen-bond donors (Lipinski definition) is 1. The van der Waals surface area contributed by atoms with Gasteiger partial charge in [0.1, 0.15) is 5.75 Å². The molecule has 0 radical (unpaired) electrons. The number of methoxy groups -OCH3 is 1. The van der Waals surface area contributed by atoms with Crippen LogP contribution in [-0.2, 0) is 24.2 Å². The lowest BCUT2D eigenvalue weighted by Crippen LogP contribution is -2.21. The largest absolute Gasteiger partial charge is 0.496 e. The number of ether oxygens (including phenoxy) is 2. The van der Waals surface area contributed by atoms with Crippen LogP contribution in [0.3, 0.4) is 0 Å². The molecule has 1 amide bonds. The van der Waals surface area contributed by atoms with Gasteiger partial charge in [-0.3, -0.25) is 4.79 Å². The van der Waals surface area contributed by atoms with Crippen LogP contribution in [0.25, 0.3) is 11.6 Å². The van der Waals surface area contributed by atoms with Gasteiger partial charge in [0, 0.05) is 11.8 Å². The molecule has 0 bridgehead atoms. The number of benzene rings is 3. The van der Waals surface area contributed by atoms with Gasteiger partial charge in [0.15, 0.2) is 16.4 Å². The first kappa shape index (κ1) is 25.0. The molecule has 3 aromatic rings. The van der Waals surface area contributed by atoms with Crippen molar-refractivity contribution in [1.82, 2.24) is 0 Å². The summed E-state index contributed by atoms with van der Waals surface area (Å²) < 4.78 is 34.1. The standard InChI is InChI=1S/C25H22ClNO6S/c1-32-23-11-7-6-10-18(23)14-20(17-8-4-3-5-9-17)25(29)33-16-24(28)27-22-15-19(34(2,30)31)12-13-21(22)26/h3-15H,16H2,1-2H3,(H,27,28). The van der Waals surface area contributed by atoms with Crippen molar-refractivity contribution >= 4 is 50.7 Å². The molecule has 0 spiro atoms. The molecule has 0 saturated carbocycles. The Morgan fingerprint density at radius 1 is 1.00 bits per heavy atom. The number of carbonyl (C=O) groups is 2. The van der Waals surface area contributed by atoms with Crippen molar-refractivity contribution in [1.29, 1.82) is 0 Å². The number of nitrogens with one attached hydrogen (secondary N) is 1. The minimum atomic E-state index is -3.49. The third kappa shape index (κ3) is 6.46. The van der Waals surface area contributed by atoms with E-state index in [1.165, 1.54) is 25.3 Å². The van der Waals surface area contributed by atoms with Gasteiger partial charge >= 0.3 is 5.97 Å². The third-order valence-corrected chi connectivity index (χ3v) is 6.16. The van der Waals surface area contributed by atoms with E-state index in [-0.39, 0.29) is 21.2 Å². The predicted molar refractivity (Wildman–Crippen MR) is 131 cm³/mol. The summed E-state index contributed by atoms with van der Waals surface area (Å²) in [5.74, 6) is -0.823. The molecule has 0 aliphatic rings. The monoisotopic (exact) mass is 499 g/mol. The minimum Gasteiger partial charge on any atom is -0.496 e. The summed E-state index contributed by atoms with van der Waals surface area (Å²) in [4.78, 5) is 25.3. The summed E-state index contributed by atoms with van der Waals surface area (Å²) in [6.45, 7) is -0.603. The Kier molecular flexibility index (Phi) is 8.09. The first-order valence-electron chi connectivity index (χ1n) is 10.1. The van der Waals surface area contributed by atoms with Crippen LogP contribution >= 0.6 is 11.6 Å². The van der Waals surface area contributed by atoms with E-state index in [9.17, 15) is 18.0 Å². The fraction of sp³-hybridized carbons (Fsp3) is 0.120. The molecule has 3 rings (SSSR count). The Morgan fingerprint density at radius 3 is 2.35 bits per heavy atom. The number of anilines is 1. The highest BCUT2D eigenvalue weighted by Gasteiger charge is 2.18. The Balaban J connectivity index is 1.79. The van der Waals surface area contributed by atoms with Gasteiger partial charge in [0.05, 0.1) is 28.3 Å². The summed E-state index contributed by atoms with van der Waals surface area (Å²) in [5, 5.41) is 2.62. The summed E-state index contributed by atoms with van der Waals surface area (Å²) in [6.07, 6.45) is 2.67. The smallest absolute Gasteiger partial charge is 0.339 e. The number of amides is 1. The number of carbonyl (C=O) groups excluding carboxylic acids is 2. The predicted octanol–water partition coefficient (Wildman–Crippen LogP) is 4.47. The second kappa shape index (κ2) is 11.0. The highest BCUT2D eigenvalue weighted by Crippen LogP contribution is 2.27. The number of esters is 1. The molecule has 0 aliphatic heterocycles. The second-order valence-electron chi connectivity index (χ2n) is 7.20. The molecule has 0 aromatic heterocycles. The average Bonchev–Trinajstić information content (AvgIpc) is 2.82. The lowest BCUT2D eigenvalue weighted by molar-refractivity contribution is -0.141. The van der Waals surface area contributed by atoms with E-state index >= 15 is 0 Å². The highest BCUT2D eigenvalue weighted by molar-refractivity contribution is 7.90. The maximum Gasteiger partial charge on any atom is 0.339 e. The molecule has 7 nitrogen and oxygen atoms in total. The Morgan fingerprint density at radius 2 is 1.68 bits per heavy atom. The van der Waals surface area contributed by atoms with E-state index in [1.807, 2.05) is 18.2 Å². The summed E-state index contributed by atoms with van der Waals surface area (Å²) >= 11 is 6.06. The first-order chi connectivity index (χ1) is 16.2. The van der Waals surface area contributed by atoms with E-state index in [1.54, 1.807) is 42.5 Å². The quantitative estimate of drug-likeness (QED) is 0.279. The van der Waals surface area contributed by atoms with Crippen molar-refractivity contribution in [3.8, 4) is 5.75 Å². The van der Waals surface area contributed by atoms with Crippen LogP contribution in [-0.4, -0.2) is 40.3 Å². The SMILES string of the molecule is COc1ccccc1C=C(C(=O)OCC(=O)Nc1cc(S(C)(=O)=O)ccc1Cl)c1ccccc1. The number of rotatable bonds is 8. The van der Waals surface area contributed by atoms with Crippen molar-refractivity contribution in [2.45, 2.75) is 4.90 Å². The Hall–Kier alpha value is -3.62. The van der Waals surface area contributed by atoms with Crippen LogP contribution < -0.4 is 10.1 Å². The normalized spacial score (nSPS) is 11.6. The van der Waals surface area contributed by atoms with Crippen LogP contribution in [0, 0.1) is 0 Å². The van der Waals surface area contributed by atoms with Crippen molar-refractivity contribution < 1.29 is 27.5 Å². The topological polar surface area (TPSA) is 98.8 Å². The molecule has 0 aliphatic carbocycles. The molecule has 34 heavy (non-hydrogen) atoms. The van der Waals surface area contributed by atoms with Crippen LogP contribution in [0.4, 0.5) is 5.69 Å². The van der Waals surface area contributed by atoms with Gasteiger partial charge in [-0.05, 0) is 35.9 Å². The molecule has 0 fully saturated rings. The Bertz CT molecular complexity index is 1340. The second-order valence-corrected chi connectivity index (χ2v) is 9.63. The van der Waals surface area contributed by atoms with Gasteiger partial charge in [-0.1, -0.05) is 60.1 Å². The van der Waals surface area contributed by atoms with E-state index in [4.69, 9.17) is 21.1 Å². The molecular weight excluding hydrogens is 478 g/mol. The van der Waals surface area contributed by atoms with Crippen molar-refractivity contribution in [3.63, 3.8) is 0 Å². The van der Waals surface area contributed by atoms with Gasteiger partial charge < -0.3 is 14.8 Å². The molecule has 0 saturated heterocycles. The van der Waals surface area contributed by atoms with Gasteiger partial charge in [-0.15, -0.1) is 0 Å². The number of para-hydroxylation sites is 1. The van der Waals surface area contributed by atoms with Gasteiger partial charge in [0.2, 0.25) is 0 Å². The molecule has 9 heteroatoms. The summed E-state index contributed by atoms with van der Waals surface area (Å²) in [6, 6.07) is 20.0. The maximum absolute atomic E-state index is 12.9. The lowest BCUT2D eigenvalue weighted by Gasteiger charge is -2.12. The minimum absolute atomic E-state index is 0.00435. The zero-order valence-electron chi connectivity index (χ0n) is 18.4. The maximum atomic E-state index is 12.9. The molecule has 1 N–H and O–H groups in total. The Labute approximate surface area is 202 Å². The summed E-state index contributed by atoms with van der Waals surface area (Å²) in [5.41, 5.74) is 1.59. The van der Waals surface area contributed by atoms with E-state index < -0.39 is 28.3 Å². The zero-order chi connectivity index (χ0) is 24.7. The summed E-state index contributed by atoms with van der Waals surface area (Å²) in [7, 11) is -1.96. The molecule has 0 unspecified atom stereocenters.